The summed E-state index contributed by atoms with van der Waals surface area (Å²) in [6, 6.07) is 0. The summed E-state index contributed by atoms with van der Waals surface area (Å²) in [5, 5.41) is 0. The molecule has 52 valence electrons. The number of hydrogen-bond donors (Lipinski definition) is 1. The topological polar surface area (TPSA) is 26.0 Å². The average Bonchev–Trinajstić information content (AvgIpc) is 1.82. The highest BCUT2D eigenvalue weighted by Crippen LogP contribution is 1.97. The summed E-state index contributed by atoms with van der Waals surface area (Å²) in [7, 11) is 0. The first-order chi connectivity index (χ1) is 4.18. The molecule has 9 heavy (non-hydrogen) atoms. The maximum Gasteiger partial charge on any atom is 0.0337 e. The van der Waals surface area contributed by atoms with E-state index in [4.69, 9.17) is 5.73 Å². The second kappa shape index (κ2) is 3.96. The van der Waals surface area contributed by atoms with Gasteiger partial charge in [0, 0.05) is 7.12 Å². The van der Waals surface area contributed by atoms with Crippen molar-refractivity contribution in [3.63, 3.8) is 0 Å². The second-order valence-electron chi connectivity index (χ2n) is 1.93. The number of allylic oxidation sites excluding steroid dienone is 4. The molecular weight excluding hydrogens is 110 g/mol. The summed E-state index contributed by atoms with van der Waals surface area (Å²) < 4.78 is 0. The third-order valence-electron chi connectivity index (χ3n) is 0.961. The summed E-state index contributed by atoms with van der Waals surface area (Å²) in [5.74, 6) is 0. The minimum Gasteiger partial charge on any atom is -0.399 e. The van der Waals surface area contributed by atoms with E-state index in [0.29, 0.717) is 0 Å². The Morgan fingerprint density at radius 2 is 2.22 bits per heavy atom. The lowest BCUT2D eigenvalue weighted by Crippen LogP contribution is -1.95. The van der Waals surface area contributed by atoms with Crippen molar-refractivity contribution in [2.24, 2.45) is 5.73 Å². The van der Waals surface area contributed by atoms with Gasteiger partial charge in [0.1, 0.15) is 0 Å². The summed E-state index contributed by atoms with van der Waals surface area (Å²) in [6.45, 7) is 7.51. The molecule has 0 saturated heterocycles. The van der Waals surface area contributed by atoms with E-state index in [1.54, 1.807) is 0 Å². The van der Waals surface area contributed by atoms with Gasteiger partial charge in [-0.15, -0.1) is 0 Å². The Kier molecular flexibility index (Phi) is 3.52. The zero-order chi connectivity index (χ0) is 7.28. The monoisotopic (exact) mass is 125 g/mol. The lowest BCUT2D eigenvalue weighted by Gasteiger charge is -1.93. The van der Waals surface area contributed by atoms with E-state index in [1.807, 2.05) is 32.1 Å². The first-order valence-electron chi connectivity index (χ1n) is 2.92. The Morgan fingerprint density at radius 1 is 1.67 bits per heavy atom. The van der Waals surface area contributed by atoms with E-state index in [9.17, 15) is 0 Å². The minimum atomic E-state index is 0. The number of rotatable bonds is 2. The molecule has 2 N–H and O–H groups in total. The second-order valence-corrected chi connectivity index (χ2v) is 1.93. The van der Waals surface area contributed by atoms with Gasteiger partial charge in [0.25, 0.3) is 0 Å². The zero-order valence-electron chi connectivity index (χ0n) is 6.02. The summed E-state index contributed by atoms with van der Waals surface area (Å²) in [6.07, 6.45) is 5.65. The molecular formula is C8H15N. The molecule has 0 aromatic rings. The first-order valence-corrected chi connectivity index (χ1v) is 2.92. The standard InChI is InChI=1S/C8H13N.H2/c1-4-5-6-8(9)7(2)3;/h4-6H,2,9H2,1,3H3;1H/b5-4-,8-6+;. The maximum absolute atomic E-state index is 5.51. The van der Waals surface area contributed by atoms with Gasteiger partial charge in [-0.25, -0.2) is 0 Å². The van der Waals surface area contributed by atoms with Crippen LogP contribution in [0.2, 0.25) is 0 Å². The molecule has 0 rings (SSSR count). The number of hydrogen-bond acceptors (Lipinski definition) is 1. The van der Waals surface area contributed by atoms with Crippen LogP contribution in [0.15, 0.2) is 36.1 Å². The SMILES string of the molecule is C=C(C)/C(N)=C\C=C/C.[HH]. The molecule has 0 bridgehead atoms. The fourth-order valence-electron chi connectivity index (χ4n) is 0.342. The fraction of sp³-hybridized carbons (Fsp3) is 0.250. The van der Waals surface area contributed by atoms with Gasteiger partial charge < -0.3 is 5.73 Å². The van der Waals surface area contributed by atoms with Crippen molar-refractivity contribution >= 4 is 0 Å². The van der Waals surface area contributed by atoms with Gasteiger partial charge >= 0.3 is 0 Å². The molecule has 0 spiro atoms. The Balaban J connectivity index is 0. The van der Waals surface area contributed by atoms with Crippen LogP contribution in [0.3, 0.4) is 0 Å². The van der Waals surface area contributed by atoms with Gasteiger partial charge in [-0.2, -0.15) is 0 Å². The van der Waals surface area contributed by atoms with Crippen LogP contribution in [-0.4, -0.2) is 0 Å². The molecule has 0 heterocycles. The van der Waals surface area contributed by atoms with Crippen LogP contribution < -0.4 is 5.73 Å². The predicted octanol–water partition coefficient (Wildman–Crippen LogP) is 2.23. The van der Waals surface area contributed by atoms with E-state index in [1.165, 1.54) is 0 Å². The molecule has 1 heteroatoms. The molecule has 0 aliphatic carbocycles. The third kappa shape index (κ3) is 3.59. The highest BCUT2D eigenvalue weighted by Gasteiger charge is 1.83. The molecule has 0 amide bonds. The molecule has 0 aromatic carbocycles. The zero-order valence-corrected chi connectivity index (χ0v) is 6.02. The summed E-state index contributed by atoms with van der Waals surface area (Å²) >= 11 is 0. The van der Waals surface area contributed by atoms with Gasteiger partial charge in [0.05, 0.1) is 0 Å². The molecule has 0 aliphatic rings. The highest BCUT2D eigenvalue weighted by molar-refractivity contribution is 5.26. The van der Waals surface area contributed by atoms with Crippen molar-refractivity contribution in [3.05, 3.63) is 36.1 Å². The van der Waals surface area contributed by atoms with Crippen molar-refractivity contribution in [3.8, 4) is 0 Å². The maximum atomic E-state index is 5.51. The Bertz CT molecular complexity index is 157. The quantitative estimate of drug-likeness (QED) is 0.563. The van der Waals surface area contributed by atoms with Gasteiger partial charge in [-0.3, -0.25) is 0 Å². The van der Waals surface area contributed by atoms with Gasteiger partial charge in [0.15, 0.2) is 0 Å². The molecule has 0 aliphatic heterocycles. The lowest BCUT2D eigenvalue weighted by molar-refractivity contribution is 1.30. The first kappa shape index (κ1) is 8.02. The predicted molar refractivity (Wildman–Crippen MR) is 44.0 cm³/mol. The van der Waals surface area contributed by atoms with Gasteiger partial charge in [-0.1, -0.05) is 18.7 Å². The molecule has 0 fully saturated rings. The van der Waals surface area contributed by atoms with Crippen LogP contribution in [0.4, 0.5) is 0 Å². The summed E-state index contributed by atoms with van der Waals surface area (Å²) in [4.78, 5) is 0. The van der Waals surface area contributed by atoms with Crippen LogP contribution in [0.5, 0.6) is 0 Å². The lowest BCUT2D eigenvalue weighted by atomic mass is 10.2. The largest absolute Gasteiger partial charge is 0.399 e. The van der Waals surface area contributed by atoms with Crippen molar-refractivity contribution in [2.45, 2.75) is 13.8 Å². The van der Waals surface area contributed by atoms with Crippen molar-refractivity contribution in [1.29, 1.82) is 0 Å². The van der Waals surface area contributed by atoms with Crippen LogP contribution in [0, 0.1) is 0 Å². The van der Waals surface area contributed by atoms with Crippen molar-refractivity contribution in [2.75, 3.05) is 0 Å². The third-order valence-corrected chi connectivity index (χ3v) is 0.961. The molecule has 0 unspecified atom stereocenters. The Morgan fingerprint density at radius 3 is 2.56 bits per heavy atom. The van der Waals surface area contributed by atoms with E-state index >= 15 is 0 Å². The number of nitrogens with two attached hydrogens (primary N) is 1. The van der Waals surface area contributed by atoms with Crippen molar-refractivity contribution in [1.82, 2.24) is 0 Å². The molecule has 0 atom stereocenters. The van der Waals surface area contributed by atoms with E-state index in [-0.39, 0.29) is 1.43 Å². The smallest absolute Gasteiger partial charge is 0.0337 e. The van der Waals surface area contributed by atoms with Crippen LogP contribution in [-0.2, 0) is 0 Å². The minimum absolute atomic E-state index is 0. The van der Waals surface area contributed by atoms with Crippen LogP contribution >= 0.6 is 0 Å². The van der Waals surface area contributed by atoms with E-state index in [2.05, 4.69) is 6.58 Å². The molecule has 0 aromatic heterocycles. The van der Waals surface area contributed by atoms with Gasteiger partial charge in [0.2, 0.25) is 0 Å². The molecule has 0 saturated carbocycles. The normalized spacial score (nSPS) is 12.4. The van der Waals surface area contributed by atoms with Gasteiger partial charge in [-0.05, 0) is 25.5 Å². The summed E-state index contributed by atoms with van der Waals surface area (Å²) in [5.41, 5.74) is 7.17. The van der Waals surface area contributed by atoms with Crippen LogP contribution in [0.1, 0.15) is 15.3 Å². The van der Waals surface area contributed by atoms with Crippen molar-refractivity contribution < 1.29 is 1.43 Å². The molecule has 1 nitrogen and oxygen atoms in total. The fourth-order valence-corrected chi connectivity index (χ4v) is 0.342. The Hall–Kier alpha value is -0.980. The Labute approximate surface area is 58.0 Å². The highest BCUT2D eigenvalue weighted by atomic mass is 14.6. The average molecular weight is 125 g/mol. The van der Waals surface area contributed by atoms with E-state index in [0.717, 1.165) is 11.3 Å². The molecule has 0 radical (unpaired) electrons. The van der Waals surface area contributed by atoms with E-state index < -0.39 is 0 Å². The van der Waals surface area contributed by atoms with Crippen LogP contribution in [0.25, 0.3) is 0 Å².